The van der Waals surface area contributed by atoms with Crippen LogP contribution in [-0.2, 0) is 21.9 Å². The van der Waals surface area contributed by atoms with Gasteiger partial charge in [-0.3, -0.25) is 9.59 Å². The van der Waals surface area contributed by atoms with Crippen molar-refractivity contribution < 1.29 is 9.59 Å². The molecule has 1 atom stereocenters. The lowest BCUT2D eigenvalue weighted by molar-refractivity contribution is -0.139. The summed E-state index contributed by atoms with van der Waals surface area (Å²) in [5.41, 5.74) is 2.05. The molecule has 0 heterocycles. The van der Waals surface area contributed by atoms with E-state index in [0.29, 0.717) is 41.1 Å². The third kappa shape index (κ3) is 7.86. The molecule has 4 nitrogen and oxygen atoms in total. The van der Waals surface area contributed by atoms with Gasteiger partial charge in [0.2, 0.25) is 11.8 Å². The van der Waals surface area contributed by atoms with Gasteiger partial charge in [0.15, 0.2) is 0 Å². The molecule has 0 aliphatic heterocycles. The number of rotatable bonds is 11. The lowest BCUT2D eigenvalue weighted by atomic mass is 10.1. The van der Waals surface area contributed by atoms with Crippen LogP contribution in [0.25, 0.3) is 0 Å². The summed E-state index contributed by atoms with van der Waals surface area (Å²) in [7, 11) is 0. The highest BCUT2D eigenvalue weighted by Crippen LogP contribution is 2.19. The number of benzene rings is 2. The minimum atomic E-state index is -0.504. The van der Waals surface area contributed by atoms with Crippen LogP contribution < -0.4 is 5.32 Å². The zero-order chi connectivity index (χ0) is 21.9. The molecular formula is C23H28Cl2N2O2S. The number of nitrogens with one attached hydrogen (secondary N) is 1. The Hall–Kier alpha value is -1.69. The Balaban J connectivity index is 2.09. The summed E-state index contributed by atoms with van der Waals surface area (Å²) in [6.45, 7) is 4.91. The monoisotopic (exact) mass is 466 g/mol. The number of nitrogens with zero attached hydrogens (tertiary/aromatic N) is 1. The number of halogens is 2. The van der Waals surface area contributed by atoms with E-state index in [2.05, 4.69) is 5.32 Å². The Morgan fingerprint density at radius 1 is 0.967 bits per heavy atom. The minimum absolute atomic E-state index is 0.0533. The van der Waals surface area contributed by atoms with Crippen LogP contribution in [0.1, 0.15) is 37.8 Å². The fraction of sp³-hybridized carbons (Fsp3) is 0.391. The van der Waals surface area contributed by atoms with Crippen molar-refractivity contribution in [1.82, 2.24) is 10.2 Å². The predicted molar refractivity (Wildman–Crippen MR) is 127 cm³/mol. The molecule has 7 heteroatoms. The first-order chi connectivity index (χ1) is 14.4. The van der Waals surface area contributed by atoms with Gasteiger partial charge in [-0.15, -0.1) is 11.8 Å². The number of hydrogen-bond donors (Lipinski definition) is 1. The summed E-state index contributed by atoms with van der Waals surface area (Å²) in [4.78, 5) is 27.5. The van der Waals surface area contributed by atoms with Gasteiger partial charge in [0, 0.05) is 28.9 Å². The molecule has 0 fully saturated rings. The lowest BCUT2D eigenvalue weighted by Crippen LogP contribution is -2.49. The molecule has 0 saturated heterocycles. The van der Waals surface area contributed by atoms with Gasteiger partial charge in [0.25, 0.3) is 0 Å². The molecule has 0 aliphatic carbocycles. The predicted octanol–water partition coefficient (Wildman–Crippen LogP) is 5.56. The molecule has 0 saturated carbocycles. The average Bonchev–Trinajstić information content (AvgIpc) is 2.74. The molecule has 2 amide bonds. The van der Waals surface area contributed by atoms with Crippen LogP contribution in [0.3, 0.4) is 0 Å². The fourth-order valence-electron chi connectivity index (χ4n) is 2.99. The quantitative estimate of drug-likeness (QED) is 0.471. The van der Waals surface area contributed by atoms with Crippen molar-refractivity contribution in [2.75, 3.05) is 12.3 Å². The van der Waals surface area contributed by atoms with Crippen molar-refractivity contribution in [3.05, 3.63) is 69.7 Å². The van der Waals surface area contributed by atoms with Crippen molar-refractivity contribution in [3.8, 4) is 0 Å². The molecule has 0 radical (unpaired) electrons. The van der Waals surface area contributed by atoms with Crippen LogP contribution in [0.4, 0.5) is 0 Å². The van der Waals surface area contributed by atoms with E-state index in [1.807, 2.05) is 50.2 Å². The van der Waals surface area contributed by atoms with Crippen molar-refractivity contribution >= 4 is 46.8 Å². The normalized spacial score (nSPS) is 11.7. The van der Waals surface area contributed by atoms with Gasteiger partial charge in [-0.1, -0.05) is 61.3 Å². The summed E-state index contributed by atoms with van der Waals surface area (Å²) < 4.78 is 0. The molecule has 2 aromatic carbocycles. The molecule has 2 rings (SSSR count). The van der Waals surface area contributed by atoms with E-state index in [1.54, 1.807) is 17.0 Å². The number of hydrogen-bond acceptors (Lipinski definition) is 3. The molecule has 30 heavy (non-hydrogen) atoms. The summed E-state index contributed by atoms with van der Waals surface area (Å²) in [6.07, 6.45) is 1.40. The van der Waals surface area contributed by atoms with Crippen LogP contribution in [0.2, 0.25) is 10.0 Å². The Morgan fingerprint density at radius 2 is 1.53 bits per heavy atom. The highest BCUT2D eigenvalue weighted by molar-refractivity contribution is 7.99. The zero-order valence-electron chi connectivity index (χ0n) is 17.4. The third-order valence-corrected chi connectivity index (χ3v) is 6.10. The Morgan fingerprint density at radius 3 is 2.07 bits per heavy atom. The second-order valence-corrected chi connectivity index (χ2v) is 8.84. The van der Waals surface area contributed by atoms with Gasteiger partial charge in [-0.05, 0) is 48.2 Å². The molecule has 0 aromatic heterocycles. The van der Waals surface area contributed by atoms with E-state index in [0.717, 1.165) is 17.5 Å². The van der Waals surface area contributed by atoms with E-state index >= 15 is 0 Å². The molecule has 1 N–H and O–H groups in total. The summed E-state index contributed by atoms with van der Waals surface area (Å²) in [5.74, 6) is 0.844. The molecule has 0 aliphatic rings. The first-order valence-corrected chi connectivity index (χ1v) is 12.0. The van der Waals surface area contributed by atoms with Crippen LogP contribution >= 0.6 is 35.0 Å². The first-order valence-electron chi connectivity index (χ1n) is 10.1. The van der Waals surface area contributed by atoms with E-state index in [1.165, 1.54) is 11.8 Å². The minimum Gasteiger partial charge on any atom is -0.354 e. The van der Waals surface area contributed by atoms with Gasteiger partial charge in [0.1, 0.15) is 6.04 Å². The first kappa shape index (κ1) is 24.6. The SMILES string of the molecule is CCCNC(=O)C(CC)N(Cc1ccc(Cl)cc1)C(=O)CSCc1ccc(Cl)cc1. The second-order valence-electron chi connectivity index (χ2n) is 6.98. The highest BCUT2D eigenvalue weighted by Gasteiger charge is 2.28. The summed E-state index contributed by atoms with van der Waals surface area (Å²) in [5, 5.41) is 4.26. The fourth-order valence-corrected chi connectivity index (χ4v) is 4.11. The van der Waals surface area contributed by atoms with Crippen LogP contribution in [0.5, 0.6) is 0 Å². The Labute approximate surface area is 193 Å². The highest BCUT2D eigenvalue weighted by atomic mass is 35.5. The van der Waals surface area contributed by atoms with E-state index in [4.69, 9.17) is 23.2 Å². The number of thioether (sulfide) groups is 1. The van der Waals surface area contributed by atoms with Gasteiger partial charge in [-0.25, -0.2) is 0 Å². The van der Waals surface area contributed by atoms with Crippen molar-refractivity contribution in [2.45, 2.75) is 45.0 Å². The molecule has 162 valence electrons. The number of carbonyl (C=O) groups excluding carboxylic acids is 2. The van der Waals surface area contributed by atoms with Crippen LogP contribution in [0, 0.1) is 0 Å². The van der Waals surface area contributed by atoms with Gasteiger partial charge in [-0.2, -0.15) is 0 Å². The average molecular weight is 467 g/mol. The molecule has 2 aromatic rings. The second kappa shape index (κ2) is 12.9. The van der Waals surface area contributed by atoms with Crippen LogP contribution in [0.15, 0.2) is 48.5 Å². The van der Waals surface area contributed by atoms with E-state index < -0.39 is 6.04 Å². The largest absolute Gasteiger partial charge is 0.354 e. The third-order valence-electron chi connectivity index (χ3n) is 4.61. The van der Waals surface area contributed by atoms with Crippen molar-refractivity contribution in [2.24, 2.45) is 0 Å². The lowest BCUT2D eigenvalue weighted by Gasteiger charge is -2.30. The number of amides is 2. The summed E-state index contributed by atoms with van der Waals surface area (Å²) in [6, 6.07) is 14.5. The number of carbonyl (C=O) groups is 2. The standard InChI is InChI=1S/C23H28Cl2N2O2S/c1-3-13-26-23(29)21(4-2)27(14-17-5-9-19(24)10-6-17)22(28)16-30-15-18-7-11-20(25)12-8-18/h5-12,21H,3-4,13-16H2,1-2H3,(H,26,29). The molecule has 1 unspecified atom stereocenters. The Kier molecular flexibility index (Phi) is 10.6. The molecule has 0 spiro atoms. The summed E-state index contributed by atoms with van der Waals surface area (Å²) >= 11 is 13.4. The van der Waals surface area contributed by atoms with Crippen molar-refractivity contribution in [1.29, 1.82) is 0 Å². The maximum atomic E-state index is 13.1. The van der Waals surface area contributed by atoms with Crippen molar-refractivity contribution in [3.63, 3.8) is 0 Å². The zero-order valence-corrected chi connectivity index (χ0v) is 19.7. The van der Waals surface area contributed by atoms with Crippen LogP contribution in [-0.4, -0.2) is 35.1 Å². The van der Waals surface area contributed by atoms with E-state index in [9.17, 15) is 9.59 Å². The molecule has 0 bridgehead atoms. The van der Waals surface area contributed by atoms with E-state index in [-0.39, 0.29) is 11.8 Å². The Bertz CT molecular complexity index is 813. The molecular weight excluding hydrogens is 439 g/mol. The van der Waals surface area contributed by atoms with Gasteiger partial charge < -0.3 is 10.2 Å². The topological polar surface area (TPSA) is 49.4 Å². The van der Waals surface area contributed by atoms with Gasteiger partial charge in [0.05, 0.1) is 5.75 Å². The smallest absolute Gasteiger partial charge is 0.242 e. The maximum Gasteiger partial charge on any atom is 0.242 e. The van der Waals surface area contributed by atoms with Gasteiger partial charge >= 0.3 is 0 Å². The maximum absolute atomic E-state index is 13.1.